The van der Waals surface area contributed by atoms with Crippen LogP contribution in [0.5, 0.6) is 11.5 Å². The number of carbonyl (C=O) groups is 1. The zero-order chi connectivity index (χ0) is 24.7. The number of nitrogens with zero attached hydrogens (tertiary/aromatic N) is 2. The van der Waals surface area contributed by atoms with E-state index < -0.39 is 17.2 Å². The molecule has 3 rings (SSSR count). The maximum absolute atomic E-state index is 13.2. The van der Waals surface area contributed by atoms with E-state index in [-0.39, 0.29) is 24.6 Å². The van der Waals surface area contributed by atoms with Gasteiger partial charge < -0.3 is 20.1 Å². The number of H-pyrrole nitrogens is 1. The van der Waals surface area contributed by atoms with Crippen LogP contribution in [-0.2, 0) is 11.3 Å². The third-order valence-corrected chi connectivity index (χ3v) is 5.22. The molecule has 1 aromatic heterocycles. The van der Waals surface area contributed by atoms with E-state index in [4.69, 9.17) is 15.2 Å². The first-order valence-electron chi connectivity index (χ1n) is 10.8. The summed E-state index contributed by atoms with van der Waals surface area (Å²) < 4.78 is 11.8. The van der Waals surface area contributed by atoms with Gasteiger partial charge >= 0.3 is 5.69 Å². The van der Waals surface area contributed by atoms with E-state index in [1.165, 1.54) is 22.7 Å². The highest BCUT2D eigenvalue weighted by molar-refractivity contribution is 6.05. The highest BCUT2D eigenvalue weighted by Gasteiger charge is 2.22. The van der Waals surface area contributed by atoms with E-state index in [9.17, 15) is 14.4 Å². The smallest absolute Gasteiger partial charge is 0.330 e. The van der Waals surface area contributed by atoms with Gasteiger partial charge in [-0.2, -0.15) is 0 Å². The van der Waals surface area contributed by atoms with Gasteiger partial charge in [0.05, 0.1) is 20.8 Å². The lowest BCUT2D eigenvalue weighted by atomic mass is 10.1. The van der Waals surface area contributed by atoms with Crippen molar-refractivity contribution in [2.45, 2.75) is 19.9 Å². The van der Waals surface area contributed by atoms with Crippen molar-refractivity contribution < 1.29 is 14.3 Å². The van der Waals surface area contributed by atoms with Gasteiger partial charge in [-0.05, 0) is 36.3 Å². The molecule has 3 N–H and O–H groups in total. The second-order valence-electron chi connectivity index (χ2n) is 7.50. The Kier molecular flexibility index (Phi) is 7.92. The molecule has 9 heteroatoms. The Hall–Kier alpha value is -4.27. The maximum Gasteiger partial charge on any atom is 0.330 e. The van der Waals surface area contributed by atoms with Gasteiger partial charge in [0.1, 0.15) is 17.3 Å². The number of hydrogen-bond acceptors (Lipinski definition) is 6. The van der Waals surface area contributed by atoms with Gasteiger partial charge in [0, 0.05) is 18.2 Å². The molecular formula is C25H28N4O5. The second kappa shape index (κ2) is 11.0. The number of anilines is 2. The molecule has 0 aliphatic carbocycles. The average molecular weight is 465 g/mol. The van der Waals surface area contributed by atoms with Gasteiger partial charge in [0.15, 0.2) is 5.69 Å². The van der Waals surface area contributed by atoms with Crippen molar-refractivity contribution >= 4 is 23.5 Å². The standard InChI is InChI=1S/C25H28N4O5/c1-4-14-28(21(30)13-10-18-15-19(33-2)11-12-20(18)34-3)22-23(26)29(25(32)27-24(22)31)16-17-8-6-5-7-9-17/h5-13,15H,4,14,16,26H2,1-3H3,(H,27,31,32). The number of aromatic nitrogens is 2. The van der Waals surface area contributed by atoms with Gasteiger partial charge in [-0.15, -0.1) is 0 Å². The minimum absolute atomic E-state index is 0.0651. The molecule has 1 amide bonds. The van der Waals surface area contributed by atoms with Crippen LogP contribution in [0.2, 0.25) is 0 Å². The van der Waals surface area contributed by atoms with Crippen LogP contribution in [-0.4, -0.2) is 36.2 Å². The molecule has 0 radical (unpaired) electrons. The summed E-state index contributed by atoms with van der Waals surface area (Å²) in [7, 11) is 3.07. The zero-order valence-corrected chi connectivity index (χ0v) is 19.4. The Balaban J connectivity index is 2.01. The fraction of sp³-hybridized carbons (Fsp3) is 0.240. The van der Waals surface area contributed by atoms with Crippen LogP contribution in [0.1, 0.15) is 24.5 Å². The number of hydrogen-bond donors (Lipinski definition) is 2. The van der Waals surface area contributed by atoms with Crippen molar-refractivity contribution in [2.24, 2.45) is 0 Å². The summed E-state index contributed by atoms with van der Waals surface area (Å²) in [4.78, 5) is 42.0. The van der Waals surface area contributed by atoms with E-state index in [0.717, 1.165) is 5.56 Å². The number of nitrogens with two attached hydrogens (primary N) is 1. The van der Waals surface area contributed by atoms with E-state index in [0.29, 0.717) is 23.5 Å². The number of amides is 1. The molecule has 0 bridgehead atoms. The molecule has 178 valence electrons. The lowest BCUT2D eigenvalue weighted by Gasteiger charge is -2.23. The summed E-state index contributed by atoms with van der Waals surface area (Å²) in [6, 6.07) is 14.4. The monoisotopic (exact) mass is 464 g/mol. The molecule has 0 saturated carbocycles. The molecule has 0 saturated heterocycles. The summed E-state index contributed by atoms with van der Waals surface area (Å²) >= 11 is 0. The van der Waals surface area contributed by atoms with Crippen LogP contribution >= 0.6 is 0 Å². The Morgan fingerprint density at radius 1 is 1.12 bits per heavy atom. The van der Waals surface area contributed by atoms with Crippen LogP contribution in [0.3, 0.4) is 0 Å². The fourth-order valence-corrected chi connectivity index (χ4v) is 3.54. The van der Waals surface area contributed by atoms with Crippen LogP contribution in [0.25, 0.3) is 6.08 Å². The van der Waals surface area contributed by atoms with Crippen LogP contribution < -0.4 is 31.4 Å². The lowest BCUT2D eigenvalue weighted by molar-refractivity contribution is -0.114. The fourth-order valence-electron chi connectivity index (χ4n) is 3.54. The molecule has 0 spiro atoms. The van der Waals surface area contributed by atoms with Crippen LogP contribution in [0, 0.1) is 0 Å². The van der Waals surface area contributed by atoms with E-state index in [1.54, 1.807) is 31.4 Å². The molecule has 0 fully saturated rings. The Bertz CT molecular complexity index is 1290. The molecule has 1 heterocycles. The minimum atomic E-state index is -0.721. The van der Waals surface area contributed by atoms with E-state index >= 15 is 0 Å². The highest BCUT2D eigenvalue weighted by Crippen LogP contribution is 2.25. The quantitative estimate of drug-likeness (QED) is 0.470. The SMILES string of the molecule is CCCN(C(=O)C=Cc1cc(OC)ccc1OC)c1c(N)n(Cc2ccccc2)c(=O)[nH]c1=O. The molecule has 34 heavy (non-hydrogen) atoms. The molecule has 3 aromatic rings. The second-order valence-corrected chi connectivity index (χ2v) is 7.50. The summed E-state index contributed by atoms with van der Waals surface area (Å²) in [6.07, 6.45) is 3.48. The van der Waals surface area contributed by atoms with Gasteiger partial charge in [-0.25, -0.2) is 4.79 Å². The van der Waals surface area contributed by atoms with Crippen molar-refractivity contribution in [3.05, 3.63) is 86.6 Å². The predicted octanol–water partition coefficient (Wildman–Crippen LogP) is 2.64. The topological polar surface area (TPSA) is 120 Å². The normalized spacial score (nSPS) is 10.9. The molecule has 0 aliphatic heterocycles. The van der Waals surface area contributed by atoms with Crippen molar-refractivity contribution in [3.63, 3.8) is 0 Å². The molecule has 0 aliphatic rings. The molecular weight excluding hydrogens is 436 g/mol. The van der Waals surface area contributed by atoms with Crippen molar-refractivity contribution in [1.29, 1.82) is 0 Å². The van der Waals surface area contributed by atoms with E-state index in [2.05, 4.69) is 4.98 Å². The number of nitrogens with one attached hydrogen (secondary N) is 1. The maximum atomic E-state index is 13.2. The molecule has 0 atom stereocenters. The zero-order valence-electron chi connectivity index (χ0n) is 19.4. The summed E-state index contributed by atoms with van der Waals surface area (Å²) in [5, 5.41) is 0. The number of aromatic amines is 1. The largest absolute Gasteiger partial charge is 0.497 e. The number of benzene rings is 2. The number of rotatable bonds is 9. The Morgan fingerprint density at radius 3 is 2.50 bits per heavy atom. The summed E-state index contributed by atoms with van der Waals surface area (Å²) in [5.41, 5.74) is 6.31. The molecule has 9 nitrogen and oxygen atoms in total. The molecule has 0 unspecified atom stereocenters. The first kappa shape index (κ1) is 24.4. The van der Waals surface area contributed by atoms with Gasteiger partial charge in [0.25, 0.3) is 11.5 Å². The Morgan fingerprint density at radius 2 is 1.85 bits per heavy atom. The van der Waals surface area contributed by atoms with Gasteiger partial charge in [0.2, 0.25) is 0 Å². The number of carbonyl (C=O) groups excluding carboxylic acids is 1. The van der Waals surface area contributed by atoms with Crippen molar-refractivity contribution in [2.75, 3.05) is 31.4 Å². The third kappa shape index (κ3) is 5.37. The summed E-state index contributed by atoms with van der Waals surface area (Å²) in [5.74, 6) is 0.619. The average Bonchev–Trinajstić information content (AvgIpc) is 2.84. The van der Waals surface area contributed by atoms with Crippen molar-refractivity contribution in [3.8, 4) is 11.5 Å². The first-order chi connectivity index (χ1) is 16.4. The number of ether oxygens (including phenoxy) is 2. The predicted molar refractivity (Wildman–Crippen MR) is 133 cm³/mol. The Labute approximate surface area is 197 Å². The summed E-state index contributed by atoms with van der Waals surface area (Å²) in [6.45, 7) is 2.26. The first-order valence-corrected chi connectivity index (χ1v) is 10.8. The third-order valence-electron chi connectivity index (χ3n) is 5.22. The molecule has 2 aromatic carbocycles. The number of nitrogen functional groups attached to an aromatic ring is 1. The van der Waals surface area contributed by atoms with Crippen LogP contribution in [0.4, 0.5) is 11.5 Å². The van der Waals surface area contributed by atoms with E-state index in [1.807, 2.05) is 37.3 Å². The number of methoxy groups -OCH3 is 2. The van der Waals surface area contributed by atoms with Gasteiger partial charge in [-0.1, -0.05) is 37.3 Å². The minimum Gasteiger partial charge on any atom is -0.497 e. The van der Waals surface area contributed by atoms with Crippen molar-refractivity contribution in [1.82, 2.24) is 9.55 Å². The van der Waals surface area contributed by atoms with Gasteiger partial charge in [-0.3, -0.25) is 19.1 Å². The van der Waals surface area contributed by atoms with Crippen LogP contribution in [0.15, 0.2) is 64.2 Å². The lowest BCUT2D eigenvalue weighted by Crippen LogP contribution is -2.41. The highest BCUT2D eigenvalue weighted by atomic mass is 16.5.